The summed E-state index contributed by atoms with van der Waals surface area (Å²) in [5.41, 5.74) is 4.53. The van der Waals surface area contributed by atoms with Crippen molar-refractivity contribution in [2.75, 3.05) is 13.1 Å². The van der Waals surface area contributed by atoms with Gasteiger partial charge in [-0.15, -0.1) is 0 Å². The van der Waals surface area contributed by atoms with E-state index in [1.54, 1.807) is 13.8 Å². The molecule has 17 heavy (non-hydrogen) atoms. The van der Waals surface area contributed by atoms with Crippen LogP contribution in [0.5, 0.6) is 0 Å². The Morgan fingerprint density at radius 1 is 1.47 bits per heavy atom. The molecule has 0 aromatic carbocycles. The fourth-order valence-electron chi connectivity index (χ4n) is 2.32. The lowest BCUT2D eigenvalue weighted by atomic mass is 9.70. The van der Waals surface area contributed by atoms with Crippen LogP contribution in [0.1, 0.15) is 46.5 Å². The summed E-state index contributed by atoms with van der Waals surface area (Å²) < 4.78 is 0. The van der Waals surface area contributed by atoms with E-state index >= 15 is 0 Å². The Kier molecular flexibility index (Phi) is 4.55. The molecule has 0 heterocycles. The molecule has 1 aliphatic rings. The Hall–Kier alpha value is -0.610. The molecule has 0 bridgehead atoms. The van der Waals surface area contributed by atoms with Crippen molar-refractivity contribution in [2.45, 2.75) is 52.1 Å². The van der Waals surface area contributed by atoms with Gasteiger partial charge in [0.15, 0.2) is 0 Å². The first-order chi connectivity index (χ1) is 7.79. The van der Waals surface area contributed by atoms with Gasteiger partial charge in [0.05, 0.1) is 11.0 Å². The maximum atomic E-state index is 12.2. The van der Waals surface area contributed by atoms with Crippen LogP contribution in [0.2, 0.25) is 0 Å². The summed E-state index contributed by atoms with van der Waals surface area (Å²) in [6.07, 6.45) is 3.85. The van der Waals surface area contributed by atoms with E-state index in [4.69, 9.17) is 5.73 Å². The van der Waals surface area contributed by atoms with Crippen LogP contribution in [0, 0.1) is 11.3 Å². The average Bonchev–Trinajstić information content (AvgIpc) is 2.26. The van der Waals surface area contributed by atoms with Crippen LogP contribution in [0.15, 0.2) is 0 Å². The molecule has 1 fully saturated rings. The Labute approximate surface area is 104 Å². The van der Waals surface area contributed by atoms with Crippen LogP contribution in [0.25, 0.3) is 0 Å². The van der Waals surface area contributed by atoms with Gasteiger partial charge in [-0.25, -0.2) is 0 Å². The molecule has 0 aliphatic heterocycles. The summed E-state index contributed by atoms with van der Waals surface area (Å²) in [4.78, 5) is 12.2. The van der Waals surface area contributed by atoms with Gasteiger partial charge in [0.25, 0.3) is 0 Å². The van der Waals surface area contributed by atoms with Crippen LogP contribution in [-0.4, -0.2) is 29.7 Å². The molecular weight excluding hydrogens is 216 g/mol. The van der Waals surface area contributed by atoms with E-state index in [0.29, 0.717) is 12.5 Å². The smallest absolute Gasteiger partial charge is 0.227 e. The van der Waals surface area contributed by atoms with Gasteiger partial charge in [-0.2, -0.15) is 0 Å². The molecule has 4 heteroatoms. The lowest BCUT2D eigenvalue weighted by molar-refractivity contribution is -0.133. The van der Waals surface area contributed by atoms with E-state index in [9.17, 15) is 9.90 Å². The second-order valence-electron chi connectivity index (χ2n) is 6.16. The van der Waals surface area contributed by atoms with Crippen molar-refractivity contribution in [3.8, 4) is 0 Å². The van der Waals surface area contributed by atoms with Gasteiger partial charge >= 0.3 is 0 Å². The molecule has 1 aliphatic carbocycles. The van der Waals surface area contributed by atoms with E-state index in [0.717, 1.165) is 25.7 Å². The molecule has 0 spiro atoms. The predicted molar refractivity (Wildman–Crippen MR) is 68.4 cm³/mol. The highest BCUT2D eigenvalue weighted by atomic mass is 16.3. The zero-order valence-corrected chi connectivity index (χ0v) is 11.3. The number of hydrogen-bond donors (Lipinski definition) is 3. The van der Waals surface area contributed by atoms with Gasteiger partial charge in [-0.1, -0.05) is 6.92 Å². The van der Waals surface area contributed by atoms with Crippen molar-refractivity contribution in [3.05, 3.63) is 0 Å². The highest BCUT2D eigenvalue weighted by Gasteiger charge is 2.39. The number of hydrogen-bond acceptors (Lipinski definition) is 3. The number of carbonyl (C=O) groups excluding carboxylic acids is 1. The Morgan fingerprint density at radius 2 is 2.00 bits per heavy atom. The number of aliphatic hydroxyl groups is 1. The van der Waals surface area contributed by atoms with Crippen LogP contribution < -0.4 is 11.1 Å². The van der Waals surface area contributed by atoms with E-state index in [2.05, 4.69) is 12.2 Å². The monoisotopic (exact) mass is 242 g/mol. The second kappa shape index (κ2) is 5.36. The van der Waals surface area contributed by atoms with Crippen LogP contribution in [0.4, 0.5) is 0 Å². The van der Waals surface area contributed by atoms with Gasteiger partial charge in [-0.3, -0.25) is 4.79 Å². The number of nitrogens with one attached hydrogen (secondary N) is 1. The lowest BCUT2D eigenvalue weighted by Crippen LogP contribution is -2.50. The fourth-order valence-corrected chi connectivity index (χ4v) is 2.32. The minimum atomic E-state index is -0.868. The minimum Gasteiger partial charge on any atom is -0.389 e. The molecular formula is C13H26N2O2. The summed E-state index contributed by atoms with van der Waals surface area (Å²) in [7, 11) is 0. The highest BCUT2D eigenvalue weighted by molar-refractivity contribution is 5.83. The van der Waals surface area contributed by atoms with Crippen molar-refractivity contribution in [3.63, 3.8) is 0 Å². The van der Waals surface area contributed by atoms with E-state index in [-0.39, 0.29) is 12.5 Å². The average molecular weight is 242 g/mol. The van der Waals surface area contributed by atoms with Crippen LogP contribution in [0.3, 0.4) is 0 Å². The second-order valence-corrected chi connectivity index (χ2v) is 6.16. The minimum absolute atomic E-state index is 0.00836. The van der Waals surface area contributed by atoms with Crippen LogP contribution in [-0.2, 0) is 4.79 Å². The first-order valence-electron chi connectivity index (χ1n) is 6.50. The molecule has 0 saturated heterocycles. The number of nitrogens with two attached hydrogens (primary N) is 1. The lowest BCUT2D eigenvalue weighted by Gasteiger charge is -2.37. The molecule has 1 amide bonds. The molecule has 4 nitrogen and oxygen atoms in total. The molecule has 1 rings (SSSR count). The molecule has 100 valence electrons. The summed E-state index contributed by atoms with van der Waals surface area (Å²) in [5, 5.41) is 12.4. The van der Waals surface area contributed by atoms with Crippen molar-refractivity contribution < 1.29 is 9.90 Å². The zero-order valence-electron chi connectivity index (χ0n) is 11.3. The Bertz CT molecular complexity index is 263. The molecule has 0 aromatic rings. The van der Waals surface area contributed by atoms with Crippen molar-refractivity contribution in [2.24, 2.45) is 17.1 Å². The largest absolute Gasteiger partial charge is 0.389 e. The normalized spacial score (nSPS) is 30.1. The topological polar surface area (TPSA) is 75.4 Å². The van der Waals surface area contributed by atoms with Gasteiger partial charge in [0.1, 0.15) is 0 Å². The molecule has 0 aromatic heterocycles. The third-order valence-corrected chi connectivity index (χ3v) is 3.79. The first kappa shape index (κ1) is 14.5. The molecule has 0 atom stereocenters. The van der Waals surface area contributed by atoms with E-state index in [1.807, 2.05) is 0 Å². The predicted octanol–water partition coefficient (Wildman–Crippen LogP) is 1.03. The first-order valence-corrected chi connectivity index (χ1v) is 6.50. The molecule has 0 unspecified atom stereocenters. The third-order valence-electron chi connectivity index (χ3n) is 3.79. The third kappa shape index (κ3) is 3.96. The summed E-state index contributed by atoms with van der Waals surface area (Å²) >= 11 is 0. The van der Waals surface area contributed by atoms with E-state index < -0.39 is 11.0 Å². The van der Waals surface area contributed by atoms with Crippen molar-refractivity contribution in [1.29, 1.82) is 0 Å². The van der Waals surface area contributed by atoms with Crippen LogP contribution >= 0.6 is 0 Å². The standard InChI is InChI=1S/C13H26N2O2/c1-10-4-6-13(8-14,7-5-10)11(16)15-9-12(2,3)17/h10,17H,4-9,14H2,1-3H3,(H,15,16). The number of rotatable bonds is 4. The highest BCUT2D eigenvalue weighted by Crippen LogP contribution is 2.38. The fraction of sp³-hybridized carbons (Fsp3) is 0.923. The summed E-state index contributed by atoms with van der Waals surface area (Å²) in [6, 6.07) is 0. The quantitative estimate of drug-likeness (QED) is 0.689. The molecule has 4 N–H and O–H groups in total. The van der Waals surface area contributed by atoms with Gasteiger partial charge < -0.3 is 16.2 Å². The maximum Gasteiger partial charge on any atom is 0.227 e. The Balaban J connectivity index is 2.58. The molecule has 0 radical (unpaired) electrons. The van der Waals surface area contributed by atoms with Gasteiger partial charge in [0.2, 0.25) is 5.91 Å². The SMILES string of the molecule is CC1CCC(CN)(C(=O)NCC(C)(C)O)CC1. The number of carbonyl (C=O) groups is 1. The number of amides is 1. The maximum absolute atomic E-state index is 12.2. The van der Waals surface area contributed by atoms with E-state index in [1.165, 1.54) is 0 Å². The van der Waals surface area contributed by atoms with Crippen molar-refractivity contribution in [1.82, 2.24) is 5.32 Å². The zero-order chi connectivity index (χ0) is 13.1. The Morgan fingerprint density at radius 3 is 2.41 bits per heavy atom. The van der Waals surface area contributed by atoms with Crippen molar-refractivity contribution >= 4 is 5.91 Å². The van der Waals surface area contributed by atoms with Gasteiger partial charge in [0, 0.05) is 13.1 Å². The molecule has 1 saturated carbocycles. The summed E-state index contributed by atoms with van der Waals surface area (Å²) in [6.45, 7) is 6.27. The van der Waals surface area contributed by atoms with Gasteiger partial charge in [-0.05, 0) is 45.4 Å². The summed E-state index contributed by atoms with van der Waals surface area (Å²) in [5.74, 6) is 0.700.